The van der Waals surface area contributed by atoms with Crippen LogP contribution in [0, 0.1) is 0 Å². The van der Waals surface area contributed by atoms with E-state index in [2.05, 4.69) is 98.9 Å². The molecule has 0 rings (SSSR count). The quantitative estimate of drug-likeness (QED) is 0.0211. The van der Waals surface area contributed by atoms with Crippen LogP contribution in [-0.4, -0.2) is 87.4 Å². The molecule has 0 aromatic heterocycles. The van der Waals surface area contributed by atoms with E-state index in [4.69, 9.17) is 18.9 Å². The van der Waals surface area contributed by atoms with Gasteiger partial charge in [0, 0.05) is 12.8 Å². The third-order valence-electron chi connectivity index (χ3n) is 17.6. The van der Waals surface area contributed by atoms with Gasteiger partial charge < -0.3 is 28.5 Å². The molecule has 1 N–H and O–H groups in total. The third-order valence-corrected chi connectivity index (χ3v) is 17.6. The highest BCUT2D eigenvalue weighted by molar-refractivity contribution is 5.71. The van der Waals surface area contributed by atoms with Gasteiger partial charge >= 0.3 is 17.9 Å². The average Bonchev–Trinajstić information content (AvgIpc) is 3.38. The van der Waals surface area contributed by atoms with Crippen molar-refractivity contribution in [2.24, 2.45) is 0 Å². The topological polar surface area (TPSA) is 108 Å². The fourth-order valence-electron chi connectivity index (χ4n) is 11.6. The first-order chi connectivity index (χ1) is 45.6. The van der Waals surface area contributed by atoms with Gasteiger partial charge in [0.25, 0.3) is 6.29 Å². The Morgan fingerprint density at radius 2 is 0.613 bits per heavy atom. The summed E-state index contributed by atoms with van der Waals surface area (Å²) in [7, 11) is 5.99. The smallest absolute Gasteiger partial charge is 0.361 e. The Kier molecular flexibility index (Phi) is 71.4. The molecular weight excluding hydrogens is 1150 g/mol. The Bertz CT molecular complexity index is 1810. The van der Waals surface area contributed by atoms with E-state index in [1.165, 1.54) is 263 Å². The molecule has 0 aliphatic carbocycles. The van der Waals surface area contributed by atoms with Crippen LogP contribution in [0.2, 0.25) is 0 Å². The number of unbranched alkanes of at least 4 members (excludes halogenated alkanes) is 45. The van der Waals surface area contributed by atoms with Crippen molar-refractivity contribution in [2.75, 3.05) is 47.5 Å². The van der Waals surface area contributed by atoms with Crippen molar-refractivity contribution in [2.45, 2.75) is 386 Å². The number of allylic oxidation sites excluding steroid dienone is 14. The van der Waals surface area contributed by atoms with E-state index in [0.717, 1.165) is 83.5 Å². The maximum absolute atomic E-state index is 13.0. The summed E-state index contributed by atoms with van der Waals surface area (Å²) in [4.78, 5) is 37.7. The summed E-state index contributed by atoms with van der Waals surface area (Å²) in [5.74, 6) is -1.99. The van der Waals surface area contributed by atoms with Gasteiger partial charge in [-0.25, -0.2) is 4.79 Å². The van der Waals surface area contributed by atoms with Crippen molar-refractivity contribution < 1.29 is 42.9 Å². The van der Waals surface area contributed by atoms with Gasteiger partial charge in [-0.2, -0.15) is 0 Å². The van der Waals surface area contributed by atoms with Gasteiger partial charge in [0.05, 0.1) is 34.4 Å². The Balaban J connectivity index is 4.00. The highest BCUT2D eigenvalue weighted by Crippen LogP contribution is 2.19. The molecule has 2 atom stereocenters. The lowest BCUT2D eigenvalue weighted by Gasteiger charge is -2.25. The Morgan fingerprint density at radius 1 is 0.333 bits per heavy atom. The van der Waals surface area contributed by atoms with Crippen LogP contribution in [0.25, 0.3) is 0 Å². The Labute approximate surface area is 576 Å². The fraction of sp³-hybridized carbons (Fsp3) is 0.798. The monoisotopic (exact) mass is 1300 g/mol. The van der Waals surface area contributed by atoms with Gasteiger partial charge in [0.15, 0.2) is 6.10 Å². The molecule has 0 bridgehead atoms. The molecule has 540 valence electrons. The van der Waals surface area contributed by atoms with Crippen LogP contribution in [0.15, 0.2) is 85.1 Å². The molecule has 0 saturated carbocycles. The first-order valence-electron chi connectivity index (χ1n) is 39.8. The number of hydrogen-bond acceptors (Lipinski definition) is 7. The van der Waals surface area contributed by atoms with E-state index < -0.39 is 24.3 Å². The molecule has 0 aromatic carbocycles. The van der Waals surface area contributed by atoms with Crippen LogP contribution in [0.1, 0.15) is 373 Å². The van der Waals surface area contributed by atoms with Gasteiger partial charge in [0.2, 0.25) is 0 Å². The number of likely N-dealkylation sites (N-methyl/N-ethyl adjacent to an activating group) is 1. The number of quaternary nitrogens is 1. The number of hydrogen-bond donors (Lipinski definition) is 1. The number of carboxylic acids is 1. The summed E-state index contributed by atoms with van der Waals surface area (Å²) >= 11 is 0. The zero-order valence-electron chi connectivity index (χ0n) is 61.9. The van der Waals surface area contributed by atoms with Crippen molar-refractivity contribution >= 4 is 17.9 Å². The molecule has 0 radical (unpaired) electrons. The summed E-state index contributed by atoms with van der Waals surface area (Å²) in [5.41, 5.74) is 0. The summed E-state index contributed by atoms with van der Waals surface area (Å²) < 4.78 is 23.0. The number of carboxylic acid groups (broad SMARTS) is 1. The maximum Gasteiger partial charge on any atom is 0.361 e. The summed E-state index contributed by atoms with van der Waals surface area (Å²) in [6, 6.07) is 0. The van der Waals surface area contributed by atoms with E-state index in [0.29, 0.717) is 17.4 Å². The number of nitrogens with zero attached hydrogens (tertiary/aromatic N) is 1. The summed E-state index contributed by atoms with van der Waals surface area (Å²) in [6.45, 7) is 4.81. The molecule has 0 spiro atoms. The van der Waals surface area contributed by atoms with E-state index in [-0.39, 0.29) is 32.2 Å². The first-order valence-corrected chi connectivity index (χ1v) is 39.8. The predicted octanol–water partition coefficient (Wildman–Crippen LogP) is 25.4. The molecule has 0 aliphatic rings. The van der Waals surface area contributed by atoms with Crippen LogP contribution in [0.4, 0.5) is 0 Å². The molecule has 0 aliphatic heterocycles. The van der Waals surface area contributed by atoms with Crippen molar-refractivity contribution in [3.8, 4) is 0 Å². The van der Waals surface area contributed by atoms with E-state index in [1.54, 1.807) is 0 Å². The predicted molar refractivity (Wildman–Crippen MR) is 401 cm³/mol. The molecule has 0 heterocycles. The number of esters is 2. The highest BCUT2D eigenvalue weighted by Gasteiger charge is 2.25. The maximum atomic E-state index is 13.0. The molecule has 9 heteroatoms. The van der Waals surface area contributed by atoms with Gasteiger partial charge in [0.1, 0.15) is 13.2 Å². The Hall–Kier alpha value is -3.53. The van der Waals surface area contributed by atoms with Gasteiger partial charge in [-0.15, -0.1) is 0 Å². The van der Waals surface area contributed by atoms with Gasteiger partial charge in [-0.1, -0.05) is 356 Å². The lowest BCUT2D eigenvalue weighted by molar-refractivity contribution is -0.870. The molecule has 0 saturated heterocycles. The number of carbonyl (C=O) groups excluding carboxylic acids is 2. The van der Waals surface area contributed by atoms with Gasteiger partial charge in [-0.05, 0) is 89.9 Å². The van der Waals surface area contributed by atoms with E-state index in [1.807, 2.05) is 21.1 Å². The highest BCUT2D eigenvalue weighted by atomic mass is 16.7. The minimum atomic E-state index is -1.51. The molecule has 2 unspecified atom stereocenters. The minimum absolute atomic E-state index is 0.182. The molecular formula is C84H152NO8+. The molecule has 0 amide bonds. The van der Waals surface area contributed by atoms with Crippen LogP contribution in [0.3, 0.4) is 0 Å². The summed E-state index contributed by atoms with van der Waals surface area (Å²) in [5, 5.41) is 9.77. The number of aliphatic carboxylic acids is 1. The lowest BCUT2D eigenvalue weighted by atomic mass is 10.0. The second-order valence-corrected chi connectivity index (χ2v) is 28.0. The Morgan fingerprint density at radius 3 is 0.925 bits per heavy atom. The van der Waals surface area contributed by atoms with Gasteiger partial charge in [-0.3, -0.25) is 9.59 Å². The fourth-order valence-corrected chi connectivity index (χ4v) is 11.6. The van der Waals surface area contributed by atoms with E-state index in [9.17, 15) is 19.5 Å². The van der Waals surface area contributed by atoms with Crippen LogP contribution in [-0.2, 0) is 33.3 Å². The molecule has 0 aromatic rings. The zero-order valence-corrected chi connectivity index (χ0v) is 61.9. The molecule has 93 heavy (non-hydrogen) atoms. The standard InChI is InChI=1S/C84H151NO8/c1-6-8-10-12-14-16-18-20-22-24-26-28-30-32-34-36-38-39-40-41-42-43-45-46-48-50-52-54-56-58-60-62-64-66-68-70-72-74-81(86)91-78-80(79-92-84(83(88)89)90-77-76-85(3,4)5)93-82(87)75-73-71-69-67-65-63-61-59-57-55-53-51-49-47-44-37-35-33-31-29-27-25-23-21-19-17-15-13-11-9-7-2/h9,11,15,17,21,23-24,26-27,29,33,35,44,47,80,84H,6-8,10,12-14,16,18-20,22,25,28,30-32,34,36-43,45-46,48-79H2,1-5H3/p+1/b11-9-,17-15-,23-21-,26-24-,29-27-,35-33-,47-44-. The zero-order chi connectivity index (χ0) is 67.5. The normalized spacial score (nSPS) is 13.1. The van der Waals surface area contributed by atoms with Crippen LogP contribution < -0.4 is 0 Å². The largest absolute Gasteiger partial charge is 0.477 e. The second-order valence-electron chi connectivity index (χ2n) is 28.0. The summed E-state index contributed by atoms with van der Waals surface area (Å²) in [6.07, 6.45) is 98.8. The van der Waals surface area contributed by atoms with Crippen LogP contribution >= 0.6 is 0 Å². The van der Waals surface area contributed by atoms with Crippen molar-refractivity contribution in [3.05, 3.63) is 85.1 Å². The van der Waals surface area contributed by atoms with E-state index >= 15 is 0 Å². The SMILES string of the molecule is CC/C=C\C/C=C\C/C=C\C/C=C\C/C=C\C/C=C\CCCCCCCCCCCCCCC(=O)OC(COC(=O)CCCCCCCCCCCCCCCCCCCCCCCCCCC/C=C\CCCCCCCCCC)COC(OCC[N+](C)(C)C)C(=O)O. The number of carbonyl (C=O) groups is 3. The van der Waals surface area contributed by atoms with Crippen molar-refractivity contribution in [1.29, 1.82) is 0 Å². The van der Waals surface area contributed by atoms with Crippen molar-refractivity contribution in [1.82, 2.24) is 0 Å². The van der Waals surface area contributed by atoms with Crippen LogP contribution in [0.5, 0.6) is 0 Å². The lowest BCUT2D eigenvalue weighted by Crippen LogP contribution is -2.40. The van der Waals surface area contributed by atoms with Crippen molar-refractivity contribution in [3.63, 3.8) is 0 Å². The minimum Gasteiger partial charge on any atom is -0.477 e. The number of rotatable bonds is 74. The second kappa shape index (κ2) is 74.3. The molecule has 9 nitrogen and oxygen atoms in total. The average molecular weight is 1300 g/mol. The number of ether oxygens (including phenoxy) is 4. The first kappa shape index (κ1) is 89.5. The third kappa shape index (κ3) is 75.7. The molecule has 0 fully saturated rings.